The molecule has 0 aromatic heterocycles. The Morgan fingerprint density at radius 3 is 2.26 bits per heavy atom. The van der Waals surface area contributed by atoms with Gasteiger partial charge in [0.25, 0.3) is 10.2 Å². The number of piperidine rings is 1. The van der Waals surface area contributed by atoms with Gasteiger partial charge < -0.3 is 9.84 Å². The molecule has 0 spiro atoms. The van der Waals surface area contributed by atoms with Crippen LogP contribution in [-0.4, -0.2) is 92.7 Å². The summed E-state index contributed by atoms with van der Waals surface area (Å²) in [6.45, 7) is 6.60. The van der Waals surface area contributed by atoms with Crippen molar-refractivity contribution in [2.75, 3.05) is 65.6 Å². The van der Waals surface area contributed by atoms with Crippen LogP contribution in [0.15, 0.2) is 0 Å². The number of ether oxygens (including phenoxy) is 1. The Kier molecular flexibility index (Phi) is 5.92. The second-order valence-corrected chi connectivity index (χ2v) is 8.92. The van der Waals surface area contributed by atoms with Gasteiger partial charge in [0.1, 0.15) is 0 Å². The third-order valence-electron chi connectivity index (χ3n) is 5.19. The van der Waals surface area contributed by atoms with Gasteiger partial charge in [-0.15, -0.1) is 0 Å². The van der Waals surface area contributed by atoms with Crippen molar-refractivity contribution in [3.05, 3.63) is 0 Å². The summed E-state index contributed by atoms with van der Waals surface area (Å²) in [6, 6.07) is 0. The van der Waals surface area contributed by atoms with Crippen LogP contribution in [0.3, 0.4) is 0 Å². The van der Waals surface area contributed by atoms with Gasteiger partial charge in [0.2, 0.25) is 0 Å². The SMILES string of the molecule is O=S(=O)(N1CCCC1)N1C[C@@H](CN2CCOCC2)C[C@H](CO)C1. The van der Waals surface area contributed by atoms with Crippen molar-refractivity contribution in [2.45, 2.75) is 19.3 Å². The highest BCUT2D eigenvalue weighted by Gasteiger charge is 2.38. The third kappa shape index (κ3) is 4.24. The van der Waals surface area contributed by atoms with Crippen molar-refractivity contribution >= 4 is 10.2 Å². The van der Waals surface area contributed by atoms with Crippen LogP contribution in [0.5, 0.6) is 0 Å². The molecule has 134 valence electrons. The Hall–Kier alpha value is -0.250. The molecule has 0 unspecified atom stereocenters. The molecule has 0 bridgehead atoms. The van der Waals surface area contributed by atoms with Gasteiger partial charge >= 0.3 is 0 Å². The first kappa shape index (κ1) is 17.6. The molecule has 8 heteroatoms. The lowest BCUT2D eigenvalue weighted by Crippen LogP contribution is -2.52. The Labute approximate surface area is 139 Å². The quantitative estimate of drug-likeness (QED) is 0.732. The number of aliphatic hydroxyl groups is 1. The molecule has 0 saturated carbocycles. The first-order valence-electron chi connectivity index (χ1n) is 8.76. The molecule has 3 aliphatic rings. The number of hydrogen-bond acceptors (Lipinski definition) is 5. The van der Waals surface area contributed by atoms with Gasteiger partial charge in [0, 0.05) is 52.4 Å². The summed E-state index contributed by atoms with van der Waals surface area (Å²) in [5.41, 5.74) is 0. The Morgan fingerprint density at radius 2 is 1.61 bits per heavy atom. The molecular formula is C15H29N3O4S. The van der Waals surface area contributed by atoms with Crippen LogP contribution in [0.1, 0.15) is 19.3 Å². The van der Waals surface area contributed by atoms with Crippen LogP contribution in [0, 0.1) is 11.8 Å². The topological polar surface area (TPSA) is 73.3 Å². The Morgan fingerprint density at radius 1 is 0.957 bits per heavy atom. The average molecular weight is 347 g/mol. The summed E-state index contributed by atoms with van der Waals surface area (Å²) in [5.74, 6) is 0.337. The zero-order valence-corrected chi connectivity index (χ0v) is 14.6. The van der Waals surface area contributed by atoms with E-state index in [1.807, 2.05) is 0 Å². The van der Waals surface area contributed by atoms with Crippen LogP contribution < -0.4 is 0 Å². The van der Waals surface area contributed by atoms with E-state index in [2.05, 4.69) is 4.90 Å². The van der Waals surface area contributed by atoms with E-state index in [4.69, 9.17) is 4.74 Å². The molecule has 0 aromatic rings. The predicted molar refractivity (Wildman–Crippen MR) is 87.2 cm³/mol. The molecule has 3 heterocycles. The summed E-state index contributed by atoms with van der Waals surface area (Å²) in [6.07, 6.45) is 2.81. The first-order valence-corrected chi connectivity index (χ1v) is 10.2. The first-order chi connectivity index (χ1) is 11.1. The summed E-state index contributed by atoms with van der Waals surface area (Å²) in [7, 11) is -3.37. The number of hydrogen-bond donors (Lipinski definition) is 1. The van der Waals surface area contributed by atoms with Crippen LogP contribution in [0.25, 0.3) is 0 Å². The van der Waals surface area contributed by atoms with E-state index in [0.29, 0.717) is 26.2 Å². The molecule has 1 N–H and O–H groups in total. The molecule has 3 fully saturated rings. The highest BCUT2D eigenvalue weighted by molar-refractivity contribution is 7.86. The number of morpholine rings is 1. The molecule has 0 aromatic carbocycles. The minimum absolute atomic E-state index is 0.0483. The monoisotopic (exact) mass is 347 g/mol. The molecule has 7 nitrogen and oxygen atoms in total. The van der Waals surface area contributed by atoms with E-state index in [1.54, 1.807) is 8.61 Å². The van der Waals surface area contributed by atoms with Crippen LogP contribution in [-0.2, 0) is 14.9 Å². The highest BCUT2D eigenvalue weighted by Crippen LogP contribution is 2.27. The van der Waals surface area contributed by atoms with E-state index in [9.17, 15) is 13.5 Å². The van der Waals surface area contributed by atoms with E-state index in [0.717, 1.165) is 52.1 Å². The molecule has 0 amide bonds. The Bertz CT molecular complexity index is 475. The van der Waals surface area contributed by atoms with Gasteiger partial charge in [-0.1, -0.05) is 0 Å². The third-order valence-corrected chi connectivity index (χ3v) is 7.15. The van der Waals surface area contributed by atoms with E-state index < -0.39 is 10.2 Å². The summed E-state index contributed by atoms with van der Waals surface area (Å²) >= 11 is 0. The van der Waals surface area contributed by atoms with Gasteiger partial charge in [-0.05, 0) is 31.1 Å². The van der Waals surface area contributed by atoms with Gasteiger partial charge in [-0.2, -0.15) is 17.0 Å². The fourth-order valence-electron chi connectivity index (χ4n) is 3.95. The lowest BCUT2D eigenvalue weighted by molar-refractivity contribution is 0.0204. The fraction of sp³-hybridized carbons (Fsp3) is 1.00. The lowest BCUT2D eigenvalue weighted by Gasteiger charge is -2.40. The van der Waals surface area contributed by atoms with E-state index in [1.165, 1.54) is 0 Å². The van der Waals surface area contributed by atoms with E-state index >= 15 is 0 Å². The lowest BCUT2D eigenvalue weighted by atomic mass is 9.90. The molecule has 3 saturated heterocycles. The maximum Gasteiger partial charge on any atom is 0.281 e. The van der Waals surface area contributed by atoms with E-state index in [-0.39, 0.29) is 18.4 Å². The Balaban J connectivity index is 1.65. The second kappa shape index (κ2) is 7.76. The standard InChI is InChI=1S/C15H29N3O4S/c19-13-15-9-14(10-16-5-7-22-8-6-16)11-18(12-15)23(20,21)17-3-1-2-4-17/h14-15,19H,1-13H2/t14-,15+/m1/s1. The molecular weight excluding hydrogens is 318 g/mol. The smallest absolute Gasteiger partial charge is 0.281 e. The van der Waals surface area contributed by atoms with Gasteiger partial charge in [0.05, 0.1) is 13.2 Å². The average Bonchev–Trinajstić information content (AvgIpc) is 3.11. The molecule has 3 rings (SSSR count). The molecule has 2 atom stereocenters. The zero-order valence-electron chi connectivity index (χ0n) is 13.8. The molecule has 3 aliphatic heterocycles. The minimum atomic E-state index is -3.37. The second-order valence-electron chi connectivity index (χ2n) is 6.99. The van der Waals surface area contributed by atoms with Crippen LogP contribution in [0.2, 0.25) is 0 Å². The van der Waals surface area contributed by atoms with Crippen molar-refractivity contribution in [3.8, 4) is 0 Å². The zero-order chi connectivity index (χ0) is 16.3. The number of nitrogens with zero attached hydrogens (tertiary/aromatic N) is 3. The molecule has 23 heavy (non-hydrogen) atoms. The molecule has 0 radical (unpaired) electrons. The highest BCUT2D eigenvalue weighted by atomic mass is 32.2. The number of aliphatic hydroxyl groups excluding tert-OH is 1. The summed E-state index contributed by atoms with van der Waals surface area (Å²) in [4.78, 5) is 2.36. The maximum absolute atomic E-state index is 12.8. The predicted octanol–water partition coefficient (Wildman–Crippen LogP) is -0.410. The van der Waals surface area contributed by atoms with Crippen molar-refractivity contribution in [1.29, 1.82) is 0 Å². The van der Waals surface area contributed by atoms with Gasteiger partial charge in [0.15, 0.2) is 0 Å². The maximum atomic E-state index is 12.8. The van der Waals surface area contributed by atoms with Crippen molar-refractivity contribution < 1.29 is 18.3 Å². The normalized spacial score (nSPS) is 32.4. The van der Waals surface area contributed by atoms with Gasteiger partial charge in [-0.3, -0.25) is 4.90 Å². The van der Waals surface area contributed by atoms with Crippen molar-refractivity contribution in [3.63, 3.8) is 0 Å². The van der Waals surface area contributed by atoms with Crippen molar-refractivity contribution in [2.24, 2.45) is 11.8 Å². The molecule has 0 aliphatic carbocycles. The summed E-state index contributed by atoms with van der Waals surface area (Å²) < 4.78 is 34.3. The number of rotatable bonds is 5. The van der Waals surface area contributed by atoms with Crippen LogP contribution in [0.4, 0.5) is 0 Å². The van der Waals surface area contributed by atoms with Gasteiger partial charge in [-0.25, -0.2) is 0 Å². The van der Waals surface area contributed by atoms with Crippen molar-refractivity contribution in [1.82, 2.24) is 13.5 Å². The fourth-order valence-corrected chi connectivity index (χ4v) is 5.80. The van der Waals surface area contributed by atoms with Crippen LogP contribution >= 0.6 is 0 Å². The largest absolute Gasteiger partial charge is 0.396 e. The summed E-state index contributed by atoms with van der Waals surface area (Å²) in [5, 5.41) is 9.59. The minimum Gasteiger partial charge on any atom is -0.396 e.